The predicted molar refractivity (Wildman–Crippen MR) is 45.4 cm³/mol. The van der Waals surface area contributed by atoms with Gasteiger partial charge in [-0.25, -0.2) is 0 Å². The molecule has 1 unspecified atom stereocenters. The lowest BCUT2D eigenvalue weighted by Crippen LogP contribution is -2.40. The Hall–Kier alpha value is 0.270. The number of thioether (sulfide) groups is 1. The Morgan fingerprint density at radius 1 is 1.70 bits per heavy atom. The van der Waals surface area contributed by atoms with Crippen molar-refractivity contribution in [2.75, 3.05) is 26.0 Å². The summed E-state index contributed by atoms with van der Waals surface area (Å²) in [4.78, 5) is 0.231. The Balaban J connectivity index is 2.41. The monoisotopic (exact) mass is 161 g/mol. The van der Waals surface area contributed by atoms with Crippen molar-refractivity contribution in [3.8, 4) is 0 Å². The minimum absolute atomic E-state index is 0.231. The molecule has 0 aliphatic carbocycles. The molecule has 1 rings (SSSR count). The predicted octanol–water partition coefficient (Wildman–Crippen LogP) is 1.08. The molecule has 0 saturated carbocycles. The normalized spacial score (nSPS) is 33.0. The maximum atomic E-state index is 5.14. The van der Waals surface area contributed by atoms with Crippen LogP contribution in [-0.2, 0) is 4.74 Å². The van der Waals surface area contributed by atoms with Gasteiger partial charge in [-0.15, -0.1) is 11.8 Å². The van der Waals surface area contributed by atoms with Crippen LogP contribution in [0.15, 0.2) is 0 Å². The summed E-state index contributed by atoms with van der Waals surface area (Å²) in [7, 11) is 1.76. The fourth-order valence-corrected chi connectivity index (χ4v) is 2.44. The molecule has 60 valence electrons. The number of methoxy groups -OCH3 is 1. The Bertz CT molecular complexity index is 102. The number of hydrogen-bond acceptors (Lipinski definition) is 3. The van der Waals surface area contributed by atoms with Crippen LogP contribution in [0.5, 0.6) is 0 Å². The first kappa shape index (κ1) is 8.37. The average Bonchev–Trinajstić information content (AvgIpc) is 2.39. The van der Waals surface area contributed by atoms with Gasteiger partial charge in [0, 0.05) is 19.4 Å². The van der Waals surface area contributed by atoms with E-state index in [-0.39, 0.29) is 4.87 Å². The van der Waals surface area contributed by atoms with Gasteiger partial charge in [0.2, 0.25) is 0 Å². The summed E-state index contributed by atoms with van der Waals surface area (Å²) in [5.41, 5.74) is 0. The van der Waals surface area contributed by atoms with Gasteiger partial charge in [-0.2, -0.15) is 0 Å². The summed E-state index contributed by atoms with van der Waals surface area (Å²) < 4.78 is 5.14. The molecule has 10 heavy (non-hydrogen) atoms. The van der Waals surface area contributed by atoms with E-state index < -0.39 is 0 Å². The summed E-state index contributed by atoms with van der Waals surface area (Å²) in [6.45, 7) is 4.15. The molecule has 1 N–H and O–H groups in total. The second kappa shape index (κ2) is 3.60. The highest BCUT2D eigenvalue weighted by Gasteiger charge is 2.31. The Labute approximate surface area is 66.7 Å². The highest BCUT2D eigenvalue weighted by atomic mass is 32.2. The van der Waals surface area contributed by atoms with E-state index in [2.05, 4.69) is 12.2 Å². The molecule has 0 amide bonds. The summed E-state index contributed by atoms with van der Waals surface area (Å²) >= 11 is 1.98. The van der Waals surface area contributed by atoms with Gasteiger partial charge < -0.3 is 10.1 Å². The van der Waals surface area contributed by atoms with Crippen molar-refractivity contribution in [2.24, 2.45) is 0 Å². The van der Waals surface area contributed by atoms with Crippen LogP contribution in [0.25, 0.3) is 0 Å². The van der Waals surface area contributed by atoms with Crippen LogP contribution in [-0.4, -0.2) is 30.9 Å². The zero-order valence-corrected chi connectivity index (χ0v) is 7.46. The highest BCUT2D eigenvalue weighted by Crippen LogP contribution is 2.30. The first-order chi connectivity index (χ1) is 4.83. The van der Waals surface area contributed by atoms with Crippen molar-refractivity contribution in [1.82, 2.24) is 5.32 Å². The van der Waals surface area contributed by atoms with Gasteiger partial charge in [0.1, 0.15) is 0 Å². The van der Waals surface area contributed by atoms with Crippen LogP contribution in [0.2, 0.25) is 0 Å². The smallest absolute Gasteiger partial charge is 0.0879 e. The maximum absolute atomic E-state index is 5.14. The lowest BCUT2D eigenvalue weighted by atomic mass is 10.2. The van der Waals surface area contributed by atoms with Crippen LogP contribution in [0, 0.1) is 0 Å². The van der Waals surface area contributed by atoms with Gasteiger partial charge in [-0.1, -0.05) is 6.92 Å². The van der Waals surface area contributed by atoms with Gasteiger partial charge in [0.15, 0.2) is 0 Å². The summed E-state index contributed by atoms with van der Waals surface area (Å²) in [6.07, 6.45) is 1.14. The molecular formula is C7H15NOS. The quantitative estimate of drug-likeness (QED) is 0.669. The van der Waals surface area contributed by atoms with Gasteiger partial charge in [-0.05, 0) is 6.42 Å². The summed E-state index contributed by atoms with van der Waals surface area (Å²) in [6, 6.07) is 0. The molecule has 0 aromatic heterocycles. The molecule has 2 nitrogen and oxygen atoms in total. The molecule has 1 atom stereocenters. The average molecular weight is 161 g/mol. The molecule has 0 aromatic rings. The molecule has 1 saturated heterocycles. The first-order valence-electron chi connectivity index (χ1n) is 3.71. The van der Waals surface area contributed by atoms with E-state index in [4.69, 9.17) is 4.74 Å². The van der Waals surface area contributed by atoms with Crippen LogP contribution >= 0.6 is 11.8 Å². The van der Waals surface area contributed by atoms with Crippen LogP contribution < -0.4 is 5.32 Å². The topological polar surface area (TPSA) is 21.3 Å². The number of hydrogen-bond donors (Lipinski definition) is 1. The van der Waals surface area contributed by atoms with E-state index in [0.29, 0.717) is 0 Å². The molecule has 1 heterocycles. The SMILES string of the molecule is CCC1(COC)NCCS1. The van der Waals surface area contributed by atoms with Crippen molar-refractivity contribution in [3.05, 3.63) is 0 Å². The maximum Gasteiger partial charge on any atom is 0.0879 e. The zero-order chi connectivity index (χ0) is 7.45. The third-order valence-electron chi connectivity index (χ3n) is 1.88. The van der Waals surface area contributed by atoms with Crippen molar-refractivity contribution in [2.45, 2.75) is 18.2 Å². The largest absolute Gasteiger partial charge is 0.382 e. The second-order valence-corrected chi connectivity index (χ2v) is 4.03. The molecule has 3 heteroatoms. The Kier molecular flexibility index (Phi) is 3.01. The van der Waals surface area contributed by atoms with E-state index in [1.807, 2.05) is 11.8 Å². The molecule has 0 spiro atoms. The highest BCUT2D eigenvalue weighted by molar-refractivity contribution is 8.00. The minimum atomic E-state index is 0.231. The second-order valence-electron chi connectivity index (χ2n) is 2.56. The number of ether oxygens (including phenoxy) is 1. The number of rotatable bonds is 3. The van der Waals surface area contributed by atoms with E-state index in [9.17, 15) is 0 Å². The fraction of sp³-hybridized carbons (Fsp3) is 1.00. The standard InChI is InChI=1S/C7H15NOS/c1-3-7(6-9-2)8-4-5-10-7/h8H,3-6H2,1-2H3. The molecule has 0 radical (unpaired) electrons. The molecule has 1 aliphatic heterocycles. The van der Waals surface area contributed by atoms with E-state index in [1.165, 1.54) is 5.75 Å². The van der Waals surface area contributed by atoms with Gasteiger partial charge in [-0.3, -0.25) is 0 Å². The van der Waals surface area contributed by atoms with E-state index in [1.54, 1.807) is 7.11 Å². The van der Waals surface area contributed by atoms with Gasteiger partial charge in [0.05, 0.1) is 11.5 Å². The molecule has 1 aliphatic rings. The van der Waals surface area contributed by atoms with Crippen molar-refractivity contribution in [1.29, 1.82) is 0 Å². The van der Waals surface area contributed by atoms with Crippen molar-refractivity contribution in [3.63, 3.8) is 0 Å². The third-order valence-corrected chi connectivity index (χ3v) is 3.39. The van der Waals surface area contributed by atoms with E-state index >= 15 is 0 Å². The molecule has 0 aromatic carbocycles. The minimum Gasteiger partial charge on any atom is -0.382 e. The van der Waals surface area contributed by atoms with E-state index in [0.717, 1.165) is 19.6 Å². The van der Waals surface area contributed by atoms with Crippen molar-refractivity contribution >= 4 is 11.8 Å². The van der Waals surface area contributed by atoms with Crippen LogP contribution in [0.1, 0.15) is 13.3 Å². The summed E-state index contributed by atoms with van der Waals surface area (Å²) in [5, 5.41) is 3.46. The van der Waals surface area contributed by atoms with Crippen LogP contribution in [0.4, 0.5) is 0 Å². The molecule has 0 bridgehead atoms. The lowest BCUT2D eigenvalue weighted by Gasteiger charge is -2.25. The van der Waals surface area contributed by atoms with Crippen LogP contribution in [0.3, 0.4) is 0 Å². The van der Waals surface area contributed by atoms with Gasteiger partial charge >= 0.3 is 0 Å². The lowest BCUT2D eigenvalue weighted by molar-refractivity contribution is 0.155. The molecule has 1 fully saturated rings. The van der Waals surface area contributed by atoms with Crippen molar-refractivity contribution < 1.29 is 4.74 Å². The summed E-state index contributed by atoms with van der Waals surface area (Å²) in [5.74, 6) is 1.22. The van der Waals surface area contributed by atoms with Gasteiger partial charge in [0.25, 0.3) is 0 Å². The Morgan fingerprint density at radius 3 is 2.90 bits per heavy atom. The fourth-order valence-electron chi connectivity index (χ4n) is 1.23. The number of nitrogens with one attached hydrogen (secondary N) is 1. The Morgan fingerprint density at radius 2 is 2.50 bits per heavy atom. The third kappa shape index (κ3) is 1.65. The molecular weight excluding hydrogens is 146 g/mol. The first-order valence-corrected chi connectivity index (χ1v) is 4.69. The zero-order valence-electron chi connectivity index (χ0n) is 6.64.